The van der Waals surface area contributed by atoms with Gasteiger partial charge in [-0.15, -0.1) is 0 Å². The Morgan fingerprint density at radius 1 is 1.32 bits per heavy atom. The predicted octanol–water partition coefficient (Wildman–Crippen LogP) is 0.0953. The number of rotatable bonds is 5. The van der Waals surface area contributed by atoms with E-state index < -0.39 is 12.0 Å². The second-order valence-corrected chi connectivity index (χ2v) is 3.54. The minimum atomic E-state index is -1.15. The molecule has 9 nitrogen and oxygen atoms in total. The van der Waals surface area contributed by atoms with Crippen molar-refractivity contribution in [2.75, 3.05) is 0 Å². The van der Waals surface area contributed by atoms with Crippen molar-refractivity contribution in [3.8, 4) is 0 Å². The largest absolute Gasteiger partial charge is 0.475 e. The molecule has 0 unspecified atom stereocenters. The number of aromatic carboxylic acids is 1. The third-order valence-electron chi connectivity index (χ3n) is 2.18. The van der Waals surface area contributed by atoms with Gasteiger partial charge in [-0.2, -0.15) is 5.10 Å². The van der Waals surface area contributed by atoms with E-state index in [1.807, 2.05) is 0 Å². The molecule has 2 rings (SSSR count). The summed E-state index contributed by atoms with van der Waals surface area (Å²) < 4.78 is 4.98. The molecule has 2 heterocycles. The molecule has 0 saturated carbocycles. The molecule has 0 spiro atoms. The van der Waals surface area contributed by atoms with Crippen molar-refractivity contribution < 1.29 is 19.1 Å². The number of aromatic amines is 1. The Balaban J connectivity index is 1.75. The molecule has 0 radical (unpaired) electrons. The molecule has 0 bridgehead atoms. The molecule has 4 N–H and O–H groups in total. The minimum Gasteiger partial charge on any atom is -0.475 e. The number of H-pyrrole nitrogens is 1. The zero-order chi connectivity index (χ0) is 13.7. The maximum absolute atomic E-state index is 11.4. The van der Waals surface area contributed by atoms with Crippen LogP contribution < -0.4 is 10.6 Å². The molecular formula is C10H11N5O4. The molecule has 0 fully saturated rings. The van der Waals surface area contributed by atoms with Crippen LogP contribution in [0.5, 0.6) is 0 Å². The average molecular weight is 265 g/mol. The number of aromatic nitrogens is 3. The summed E-state index contributed by atoms with van der Waals surface area (Å²) in [5, 5.41) is 19.9. The normalized spacial score (nSPS) is 10.1. The molecule has 2 aromatic heterocycles. The highest BCUT2D eigenvalue weighted by Gasteiger charge is 2.09. The van der Waals surface area contributed by atoms with Crippen molar-refractivity contribution in [1.82, 2.24) is 25.8 Å². The van der Waals surface area contributed by atoms with Crippen LogP contribution in [0.4, 0.5) is 4.79 Å². The van der Waals surface area contributed by atoms with Gasteiger partial charge in [0.2, 0.25) is 5.76 Å². The number of nitrogens with one attached hydrogen (secondary N) is 3. The topological polar surface area (TPSA) is 133 Å². The van der Waals surface area contributed by atoms with E-state index in [2.05, 4.69) is 25.8 Å². The van der Waals surface area contributed by atoms with E-state index in [-0.39, 0.29) is 18.8 Å². The predicted molar refractivity (Wildman–Crippen MR) is 61.1 cm³/mol. The lowest BCUT2D eigenvalue weighted by atomic mass is 10.4. The van der Waals surface area contributed by atoms with Crippen molar-refractivity contribution in [2.24, 2.45) is 0 Å². The Kier molecular flexibility index (Phi) is 3.76. The van der Waals surface area contributed by atoms with Gasteiger partial charge in [0, 0.05) is 0 Å². The first-order valence-electron chi connectivity index (χ1n) is 5.33. The highest BCUT2D eigenvalue weighted by molar-refractivity contribution is 5.84. The van der Waals surface area contributed by atoms with E-state index in [0.29, 0.717) is 11.6 Å². The van der Waals surface area contributed by atoms with Gasteiger partial charge in [0.15, 0.2) is 0 Å². The van der Waals surface area contributed by atoms with Gasteiger partial charge in [-0.1, -0.05) is 0 Å². The number of carboxylic acid groups (broad SMARTS) is 1. The molecule has 0 aliphatic heterocycles. The zero-order valence-corrected chi connectivity index (χ0v) is 9.71. The van der Waals surface area contributed by atoms with Crippen molar-refractivity contribution >= 4 is 12.0 Å². The second kappa shape index (κ2) is 5.67. The van der Waals surface area contributed by atoms with Gasteiger partial charge in [-0.25, -0.2) is 14.6 Å². The van der Waals surface area contributed by atoms with Crippen LogP contribution in [0, 0.1) is 0 Å². The molecule has 100 valence electrons. The molecule has 9 heteroatoms. The third kappa shape index (κ3) is 3.56. The van der Waals surface area contributed by atoms with Gasteiger partial charge in [-0.3, -0.25) is 5.10 Å². The molecule has 0 saturated heterocycles. The Bertz CT molecular complexity index is 562. The van der Waals surface area contributed by atoms with Crippen LogP contribution in [0.2, 0.25) is 0 Å². The SMILES string of the molecule is O=C(NCc1ncn[nH]1)NCc1ccc(C(=O)O)o1. The van der Waals surface area contributed by atoms with Gasteiger partial charge < -0.3 is 20.2 Å². The number of carbonyl (C=O) groups is 2. The number of hydrogen-bond donors (Lipinski definition) is 4. The molecule has 0 aromatic carbocycles. The summed E-state index contributed by atoms with van der Waals surface area (Å²) in [5.74, 6) is -0.437. The summed E-state index contributed by atoms with van der Waals surface area (Å²) in [6.45, 7) is 0.305. The Hall–Kier alpha value is -2.84. The fourth-order valence-electron chi connectivity index (χ4n) is 1.30. The van der Waals surface area contributed by atoms with Gasteiger partial charge in [0.05, 0.1) is 13.1 Å². The van der Waals surface area contributed by atoms with E-state index in [4.69, 9.17) is 9.52 Å². The number of nitrogens with zero attached hydrogens (tertiary/aromatic N) is 2. The van der Waals surface area contributed by atoms with Crippen molar-refractivity contribution in [3.63, 3.8) is 0 Å². The number of carbonyl (C=O) groups excluding carboxylic acids is 1. The fourth-order valence-corrected chi connectivity index (χ4v) is 1.30. The van der Waals surface area contributed by atoms with E-state index in [1.54, 1.807) is 0 Å². The van der Waals surface area contributed by atoms with Crippen LogP contribution in [0.25, 0.3) is 0 Å². The van der Waals surface area contributed by atoms with Crippen LogP contribution >= 0.6 is 0 Å². The van der Waals surface area contributed by atoms with E-state index in [1.165, 1.54) is 18.5 Å². The molecule has 0 aliphatic rings. The smallest absolute Gasteiger partial charge is 0.371 e. The van der Waals surface area contributed by atoms with Gasteiger partial charge in [0.1, 0.15) is 17.9 Å². The van der Waals surface area contributed by atoms with Crippen LogP contribution in [0.15, 0.2) is 22.9 Å². The average Bonchev–Trinajstić information content (AvgIpc) is 3.05. The standard InChI is InChI=1S/C10H11N5O4/c16-9(17)7-2-1-6(19-7)3-11-10(18)12-4-8-13-5-14-15-8/h1-2,5H,3-4H2,(H,16,17)(H2,11,12,18)(H,13,14,15). The highest BCUT2D eigenvalue weighted by Crippen LogP contribution is 2.07. The van der Waals surface area contributed by atoms with E-state index >= 15 is 0 Å². The first-order chi connectivity index (χ1) is 9.15. The number of urea groups is 1. The first kappa shape index (κ1) is 12.6. The first-order valence-corrected chi connectivity index (χ1v) is 5.33. The summed E-state index contributed by atoms with van der Waals surface area (Å²) in [6.07, 6.45) is 1.34. The van der Waals surface area contributed by atoms with Crippen molar-refractivity contribution in [3.05, 3.63) is 35.8 Å². The monoisotopic (exact) mass is 265 g/mol. The van der Waals surface area contributed by atoms with Gasteiger partial charge >= 0.3 is 12.0 Å². The summed E-state index contributed by atoms with van der Waals surface area (Å²) in [4.78, 5) is 25.8. The minimum absolute atomic E-state index is 0.0928. The number of amides is 2. The Labute approximate surface area is 107 Å². The van der Waals surface area contributed by atoms with Crippen LogP contribution in [0.1, 0.15) is 22.1 Å². The maximum Gasteiger partial charge on any atom is 0.371 e. The summed E-state index contributed by atoms with van der Waals surface area (Å²) in [6, 6.07) is 2.39. The fraction of sp³-hybridized carbons (Fsp3) is 0.200. The second-order valence-electron chi connectivity index (χ2n) is 3.54. The summed E-state index contributed by atoms with van der Waals surface area (Å²) >= 11 is 0. The number of hydrogen-bond acceptors (Lipinski definition) is 5. The molecule has 19 heavy (non-hydrogen) atoms. The lowest BCUT2D eigenvalue weighted by molar-refractivity contribution is 0.0660. The van der Waals surface area contributed by atoms with Crippen molar-refractivity contribution in [1.29, 1.82) is 0 Å². The quantitative estimate of drug-likeness (QED) is 0.605. The van der Waals surface area contributed by atoms with Crippen molar-refractivity contribution in [2.45, 2.75) is 13.1 Å². The van der Waals surface area contributed by atoms with Gasteiger partial charge in [-0.05, 0) is 12.1 Å². The Morgan fingerprint density at radius 2 is 2.11 bits per heavy atom. The molecule has 2 amide bonds. The lowest BCUT2D eigenvalue weighted by Crippen LogP contribution is -2.34. The van der Waals surface area contributed by atoms with E-state index in [9.17, 15) is 9.59 Å². The number of furan rings is 1. The van der Waals surface area contributed by atoms with Crippen LogP contribution in [-0.4, -0.2) is 32.3 Å². The summed E-state index contributed by atoms with van der Waals surface area (Å²) in [7, 11) is 0. The molecular weight excluding hydrogens is 254 g/mol. The van der Waals surface area contributed by atoms with Crippen LogP contribution in [-0.2, 0) is 13.1 Å². The Morgan fingerprint density at radius 3 is 2.74 bits per heavy atom. The van der Waals surface area contributed by atoms with Gasteiger partial charge in [0.25, 0.3) is 0 Å². The molecule has 0 atom stereocenters. The highest BCUT2D eigenvalue weighted by atomic mass is 16.4. The lowest BCUT2D eigenvalue weighted by Gasteiger charge is -2.04. The molecule has 2 aromatic rings. The third-order valence-corrected chi connectivity index (χ3v) is 2.18. The maximum atomic E-state index is 11.4. The number of carboxylic acids is 1. The zero-order valence-electron chi connectivity index (χ0n) is 9.71. The van der Waals surface area contributed by atoms with E-state index in [0.717, 1.165) is 0 Å². The molecule has 0 aliphatic carbocycles. The summed E-state index contributed by atoms with van der Waals surface area (Å²) in [5.41, 5.74) is 0. The van der Waals surface area contributed by atoms with Crippen LogP contribution in [0.3, 0.4) is 0 Å².